The zero-order valence-corrected chi connectivity index (χ0v) is 7.67. The maximum absolute atomic E-state index is 5.86. The third-order valence-corrected chi connectivity index (χ3v) is 1.97. The molecule has 1 aromatic heterocycles. The molecule has 1 heterocycles. The summed E-state index contributed by atoms with van der Waals surface area (Å²) in [5.41, 5.74) is 12.8. The van der Waals surface area contributed by atoms with Crippen LogP contribution in [-0.4, -0.2) is 11.5 Å². The second-order valence-electron chi connectivity index (χ2n) is 2.67. The Hall–Kier alpha value is -0.640. The summed E-state index contributed by atoms with van der Waals surface area (Å²) < 4.78 is 0. The molecule has 0 unspecified atom stereocenters. The number of hydrogen-bond donors (Lipinski definition) is 2. The lowest BCUT2D eigenvalue weighted by molar-refractivity contribution is 0.732. The van der Waals surface area contributed by atoms with E-state index in [0.29, 0.717) is 11.7 Å². The van der Waals surface area contributed by atoms with Crippen molar-refractivity contribution >= 4 is 11.6 Å². The van der Waals surface area contributed by atoms with Gasteiger partial charge in [0.1, 0.15) is 5.15 Å². The number of aromatic nitrogens is 1. The summed E-state index contributed by atoms with van der Waals surface area (Å²) >= 11 is 5.86. The number of nitrogens with zero attached hydrogens (tertiary/aromatic N) is 1. The molecular formula is C8H12ClN3. The van der Waals surface area contributed by atoms with Crippen molar-refractivity contribution in [1.29, 1.82) is 0 Å². The topological polar surface area (TPSA) is 64.9 Å². The molecule has 1 atom stereocenters. The van der Waals surface area contributed by atoms with E-state index >= 15 is 0 Å². The first-order valence-electron chi connectivity index (χ1n) is 3.74. The molecule has 0 aliphatic heterocycles. The molecule has 3 nitrogen and oxygen atoms in total. The molecular weight excluding hydrogens is 174 g/mol. The number of hydrogen-bond acceptors (Lipinski definition) is 3. The molecule has 0 saturated heterocycles. The van der Waals surface area contributed by atoms with Gasteiger partial charge in [0.15, 0.2) is 0 Å². The minimum Gasteiger partial charge on any atom is -0.329 e. The van der Waals surface area contributed by atoms with Crippen molar-refractivity contribution in [2.75, 3.05) is 6.54 Å². The highest BCUT2D eigenvalue weighted by molar-refractivity contribution is 6.30. The number of nitrogens with two attached hydrogens (primary N) is 2. The van der Waals surface area contributed by atoms with E-state index < -0.39 is 0 Å². The van der Waals surface area contributed by atoms with Crippen molar-refractivity contribution in [2.45, 2.75) is 13.0 Å². The highest BCUT2D eigenvalue weighted by atomic mass is 35.5. The summed E-state index contributed by atoms with van der Waals surface area (Å²) in [6.45, 7) is 2.26. The minimum absolute atomic E-state index is 0.217. The molecule has 1 aromatic rings. The van der Waals surface area contributed by atoms with Crippen LogP contribution in [0.4, 0.5) is 0 Å². The van der Waals surface area contributed by atoms with E-state index in [1.54, 1.807) is 0 Å². The predicted molar refractivity (Wildman–Crippen MR) is 50.0 cm³/mol. The van der Waals surface area contributed by atoms with Crippen LogP contribution in [0.15, 0.2) is 12.1 Å². The smallest absolute Gasteiger partial charge is 0.134 e. The summed E-state index contributed by atoms with van der Waals surface area (Å²) in [5.74, 6) is 0. The van der Waals surface area contributed by atoms with Crippen LogP contribution in [0.1, 0.15) is 17.3 Å². The van der Waals surface area contributed by atoms with E-state index in [0.717, 1.165) is 11.3 Å². The van der Waals surface area contributed by atoms with Crippen molar-refractivity contribution in [3.8, 4) is 0 Å². The van der Waals surface area contributed by atoms with Crippen LogP contribution < -0.4 is 11.5 Å². The quantitative estimate of drug-likeness (QED) is 0.676. The molecule has 0 aliphatic rings. The van der Waals surface area contributed by atoms with Gasteiger partial charge < -0.3 is 11.5 Å². The Labute approximate surface area is 76.7 Å². The Kier molecular flexibility index (Phi) is 3.03. The van der Waals surface area contributed by atoms with Crippen molar-refractivity contribution in [2.24, 2.45) is 11.5 Å². The molecule has 1 rings (SSSR count). The van der Waals surface area contributed by atoms with Crippen molar-refractivity contribution in [1.82, 2.24) is 4.98 Å². The highest BCUT2D eigenvalue weighted by Gasteiger charge is 2.08. The van der Waals surface area contributed by atoms with Crippen molar-refractivity contribution in [3.05, 3.63) is 28.5 Å². The van der Waals surface area contributed by atoms with Crippen molar-refractivity contribution in [3.63, 3.8) is 0 Å². The first-order valence-corrected chi connectivity index (χ1v) is 4.11. The van der Waals surface area contributed by atoms with Gasteiger partial charge in [0, 0.05) is 23.8 Å². The molecule has 4 heteroatoms. The van der Waals surface area contributed by atoms with Crippen LogP contribution in [0.2, 0.25) is 5.15 Å². The van der Waals surface area contributed by atoms with E-state index in [9.17, 15) is 0 Å². The molecule has 4 N–H and O–H groups in total. The maximum atomic E-state index is 5.86. The maximum Gasteiger partial charge on any atom is 0.134 e. The van der Waals surface area contributed by atoms with E-state index in [2.05, 4.69) is 4.98 Å². The van der Waals surface area contributed by atoms with Gasteiger partial charge >= 0.3 is 0 Å². The molecule has 0 spiro atoms. The summed E-state index contributed by atoms with van der Waals surface area (Å²) in [7, 11) is 0. The fourth-order valence-electron chi connectivity index (χ4n) is 0.939. The third-order valence-electron chi connectivity index (χ3n) is 1.67. The van der Waals surface area contributed by atoms with Gasteiger partial charge in [0.2, 0.25) is 0 Å². The van der Waals surface area contributed by atoms with Gasteiger partial charge in [-0.3, -0.25) is 0 Å². The fourth-order valence-corrected chi connectivity index (χ4v) is 1.28. The molecule has 0 amide bonds. The molecule has 12 heavy (non-hydrogen) atoms. The van der Waals surface area contributed by atoms with E-state index in [4.69, 9.17) is 23.1 Å². The Bertz CT molecular complexity index is 275. The van der Waals surface area contributed by atoms with Gasteiger partial charge in [0.05, 0.1) is 0 Å². The number of rotatable bonds is 2. The summed E-state index contributed by atoms with van der Waals surface area (Å²) in [4.78, 5) is 4.07. The van der Waals surface area contributed by atoms with Crippen LogP contribution in [0, 0.1) is 6.92 Å². The zero-order valence-electron chi connectivity index (χ0n) is 6.92. The Balaban J connectivity index is 3.01. The number of pyridine rings is 1. The average Bonchev–Trinajstić information content (AvgIpc) is 2.03. The summed E-state index contributed by atoms with van der Waals surface area (Å²) in [6.07, 6.45) is 0. The first kappa shape index (κ1) is 9.45. The summed E-state index contributed by atoms with van der Waals surface area (Å²) in [6, 6.07) is 3.52. The molecule has 0 fully saturated rings. The Morgan fingerprint density at radius 1 is 1.58 bits per heavy atom. The van der Waals surface area contributed by atoms with Gasteiger partial charge in [-0.2, -0.15) is 0 Å². The minimum atomic E-state index is -0.217. The SMILES string of the molecule is Cc1ccc([C@H](N)CN)c(Cl)n1. The molecule has 0 aromatic carbocycles. The number of aryl methyl sites for hydroxylation is 1. The molecule has 66 valence electrons. The van der Waals surface area contributed by atoms with Gasteiger partial charge in [0.25, 0.3) is 0 Å². The lowest BCUT2D eigenvalue weighted by Gasteiger charge is -2.10. The predicted octanol–water partition coefficient (Wildman–Crippen LogP) is 1.00. The zero-order chi connectivity index (χ0) is 9.14. The molecule has 0 aliphatic carbocycles. The second-order valence-corrected chi connectivity index (χ2v) is 3.03. The van der Waals surface area contributed by atoms with Crippen LogP contribution in [0.25, 0.3) is 0 Å². The molecule has 0 saturated carbocycles. The van der Waals surface area contributed by atoms with Gasteiger partial charge in [-0.05, 0) is 13.0 Å². The van der Waals surface area contributed by atoms with Crippen LogP contribution in [0.5, 0.6) is 0 Å². The normalized spacial score (nSPS) is 13.0. The van der Waals surface area contributed by atoms with E-state index in [1.807, 2.05) is 19.1 Å². The van der Waals surface area contributed by atoms with E-state index in [1.165, 1.54) is 0 Å². The largest absolute Gasteiger partial charge is 0.329 e. The van der Waals surface area contributed by atoms with Gasteiger partial charge in [-0.1, -0.05) is 17.7 Å². The molecule has 0 radical (unpaired) electrons. The Morgan fingerprint density at radius 3 is 2.75 bits per heavy atom. The van der Waals surface area contributed by atoms with Crippen LogP contribution in [-0.2, 0) is 0 Å². The van der Waals surface area contributed by atoms with Crippen LogP contribution >= 0.6 is 11.6 Å². The monoisotopic (exact) mass is 185 g/mol. The lowest BCUT2D eigenvalue weighted by atomic mass is 10.1. The van der Waals surface area contributed by atoms with Gasteiger partial charge in [-0.25, -0.2) is 4.98 Å². The summed E-state index contributed by atoms with van der Waals surface area (Å²) in [5, 5.41) is 0.452. The Morgan fingerprint density at radius 2 is 2.25 bits per heavy atom. The van der Waals surface area contributed by atoms with E-state index in [-0.39, 0.29) is 6.04 Å². The van der Waals surface area contributed by atoms with Crippen LogP contribution in [0.3, 0.4) is 0 Å². The fraction of sp³-hybridized carbons (Fsp3) is 0.375. The number of halogens is 1. The third kappa shape index (κ3) is 1.94. The van der Waals surface area contributed by atoms with Gasteiger partial charge in [-0.15, -0.1) is 0 Å². The first-order chi connectivity index (χ1) is 5.65. The molecule has 0 bridgehead atoms. The highest BCUT2D eigenvalue weighted by Crippen LogP contribution is 2.18. The standard InChI is InChI=1S/C8H12ClN3/c1-5-2-3-6(7(11)4-10)8(9)12-5/h2-3,7H,4,10-11H2,1H3/t7-/m1/s1. The lowest BCUT2D eigenvalue weighted by Crippen LogP contribution is -2.21. The average molecular weight is 186 g/mol. The van der Waals surface area contributed by atoms with Crippen molar-refractivity contribution < 1.29 is 0 Å². The second kappa shape index (κ2) is 3.85.